The number of fused-ring (bicyclic) bond motifs is 14. The number of benzene rings is 12. The molecule has 0 N–H and O–H groups in total. The van der Waals surface area contributed by atoms with Crippen molar-refractivity contribution in [1.29, 1.82) is 0 Å². The lowest BCUT2D eigenvalue weighted by Crippen LogP contribution is -1.97. The van der Waals surface area contributed by atoms with E-state index < -0.39 is 0 Å². The Balaban J connectivity index is 0.852. The molecule has 4 heterocycles. The van der Waals surface area contributed by atoms with E-state index in [-0.39, 0.29) is 0 Å². The van der Waals surface area contributed by atoms with E-state index in [0.29, 0.717) is 5.82 Å². The molecule has 0 amide bonds. The average molecular weight is 928 g/mol. The zero-order valence-corrected chi connectivity index (χ0v) is 39.4. The average Bonchev–Trinajstić information content (AvgIpc) is 4.09. The minimum absolute atomic E-state index is 0.697. The normalized spacial score (nSPS) is 12.1. The Bertz CT molecular complexity index is 4980. The molecule has 0 radical (unpaired) electrons. The summed E-state index contributed by atoms with van der Waals surface area (Å²) in [6.45, 7) is 0. The predicted octanol–water partition coefficient (Wildman–Crippen LogP) is 17.7. The van der Waals surface area contributed by atoms with Crippen LogP contribution in [0.1, 0.15) is 0 Å². The molecule has 0 atom stereocenters. The topological polar surface area (TPSA) is 40.6 Å². The molecule has 0 fully saturated rings. The summed E-state index contributed by atoms with van der Waals surface area (Å²) in [7, 11) is 0. The first-order valence-corrected chi connectivity index (χ1v) is 25.0. The van der Waals surface area contributed by atoms with Gasteiger partial charge in [0.1, 0.15) is 0 Å². The first-order valence-electron chi connectivity index (χ1n) is 25.0. The van der Waals surface area contributed by atoms with Gasteiger partial charge in [0.05, 0.1) is 50.0 Å². The van der Waals surface area contributed by atoms with Crippen LogP contribution in [0.15, 0.2) is 249 Å². The largest absolute Gasteiger partial charge is 0.309 e. The van der Waals surface area contributed by atoms with Crippen LogP contribution in [0.3, 0.4) is 0 Å². The van der Waals surface area contributed by atoms with Crippen molar-refractivity contribution in [3.63, 3.8) is 0 Å². The Morgan fingerprint density at radius 3 is 1.67 bits per heavy atom. The number of aromatic nitrogens is 5. The molecule has 0 bridgehead atoms. The van der Waals surface area contributed by atoms with E-state index >= 15 is 0 Å². The molecule has 0 unspecified atom stereocenters. The van der Waals surface area contributed by atoms with E-state index in [0.717, 1.165) is 55.4 Å². The standard InChI is InChI=1S/C68H41N5/c1-2-17-48(18-3-1)71-60-25-11-8-21-52(60)57-39-45(33-36-64(57)71)66-55-23-6-10-24-59(55)69-68(70-66)46-30-29-42-31-34-49(38-47(42)37-46)72-61-26-12-9-22-53(61)58-41-56-44(40-65(58)72)16-14-28-63(56)73-62-27-13-7-20-51(62)54-35-32-43-15-4-5-19-50(43)67(54)73/h1-41H. The lowest BCUT2D eigenvalue weighted by Gasteiger charge is -2.14. The van der Waals surface area contributed by atoms with Gasteiger partial charge in [-0.05, 0) is 106 Å². The maximum atomic E-state index is 5.43. The van der Waals surface area contributed by atoms with E-state index in [2.05, 4.69) is 262 Å². The number of para-hydroxylation sites is 5. The highest BCUT2D eigenvalue weighted by atomic mass is 15.0. The first kappa shape index (κ1) is 39.9. The van der Waals surface area contributed by atoms with Crippen molar-refractivity contribution in [1.82, 2.24) is 23.7 Å². The third-order valence-corrected chi connectivity index (χ3v) is 15.4. The van der Waals surface area contributed by atoms with Gasteiger partial charge in [-0.25, -0.2) is 9.97 Å². The summed E-state index contributed by atoms with van der Waals surface area (Å²) in [5.74, 6) is 0.697. The van der Waals surface area contributed by atoms with Crippen LogP contribution in [0.25, 0.3) is 148 Å². The summed E-state index contributed by atoms with van der Waals surface area (Å²) in [5.41, 5.74) is 14.4. The molecular weight excluding hydrogens is 887 g/mol. The van der Waals surface area contributed by atoms with Gasteiger partial charge >= 0.3 is 0 Å². The van der Waals surface area contributed by atoms with Crippen molar-refractivity contribution in [2.45, 2.75) is 0 Å². The SMILES string of the molecule is c1ccc(-n2c3ccccc3c3cc(-c4nc(-c5ccc6ccc(-n7c8ccccc8c8cc9c(-n%10c%11ccccc%11c%11ccc%12ccccc%12c%11%10)cccc9cc87)cc6c5)nc5ccccc45)ccc32)cc1. The third-order valence-electron chi connectivity index (χ3n) is 15.4. The molecule has 0 aliphatic heterocycles. The van der Waals surface area contributed by atoms with Crippen LogP contribution >= 0.6 is 0 Å². The number of hydrogen-bond donors (Lipinski definition) is 0. The second-order valence-corrected chi connectivity index (χ2v) is 19.3. The minimum Gasteiger partial charge on any atom is -0.309 e. The van der Waals surface area contributed by atoms with Crippen LogP contribution < -0.4 is 0 Å². The monoisotopic (exact) mass is 927 g/mol. The van der Waals surface area contributed by atoms with Crippen molar-refractivity contribution in [2.24, 2.45) is 0 Å². The fourth-order valence-corrected chi connectivity index (χ4v) is 12.1. The summed E-state index contributed by atoms with van der Waals surface area (Å²) in [4.78, 5) is 10.7. The lowest BCUT2D eigenvalue weighted by molar-refractivity contribution is 1.18. The van der Waals surface area contributed by atoms with Gasteiger partial charge in [-0.2, -0.15) is 0 Å². The molecule has 73 heavy (non-hydrogen) atoms. The Morgan fingerprint density at radius 2 is 0.863 bits per heavy atom. The summed E-state index contributed by atoms with van der Waals surface area (Å²) >= 11 is 0. The number of hydrogen-bond acceptors (Lipinski definition) is 2. The quantitative estimate of drug-likeness (QED) is 0.173. The number of nitrogens with zero attached hydrogens (tertiary/aromatic N) is 5. The molecule has 4 aromatic heterocycles. The number of rotatable bonds is 5. The maximum Gasteiger partial charge on any atom is 0.160 e. The molecule has 12 aromatic carbocycles. The molecule has 5 heteroatoms. The van der Waals surface area contributed by atoms with Gasteiger partial charge in [-0.3, -0.25) is 0 Å². The summed E-state index contributed by atoms with van der Waals surface area (Å²) in [5, 5.41) is 15.5. The second-order valence-electron chi connectivity index (χ2n) is 19.3. The van der Waals surface area contributed by atoms with Gasteiger partial charge in [0.25, 0.3) is 0 Å². The highest BCUT2D eigenvalue weighted by Crippen LogP contribution is 2.42. The van der Waals surface area contributed by atoms with Gasteiger partial charge in [0.15, 0.2) is 5.82 Å². The zero-order chi connectivity index (χ0) is 47.7. The van der Waals surface area contributed by atoms with Crippen LogP contribution in [0.2, 0.25) is 0 Å². The molecule has 0 spiro atoms. The highest BCUT2D eigenvalue weighted by Gasteiger charge is 2.21. The van der Waals surface area contributed by atoms with Crippen molar-refractivity contribution >= 4 is 109 Å². The predicted molar refractivity (Wildman–Crippen MR) is 306 cm³/mol. The molecule has 338 valence electrons. The smallest absolute Gasteiger partial charge is 0.160 e. The fourth-order valence-electron chi connectivity index (χ4n) is 12.1. The fraction of sp³-hybridized carbons (Fsp3) is 0. The molecule has 5 nitrogen and oxygen atoms in total. The molecule has 0 saturated carbocycles. The molecule has 0 saturated heterocycles. The van der Waals surface area contributed by atoms with E-state index in [1.165, 1.54) is 87.1 Å². The van der Waals surface area contributed by atoms with E-state index in [1.807, 2.05) is 0 Å². The van der Waals surface area contributed by atoms with Crippen molar-refractivity contribution in [3.05, 3.63) is 249 Å². The molecule has 16 aromatic rings. The van der Waals surface area contributed by atoms with Crippen LogP contribution in [0.4, 0.5) is 0 Å². The van der Waals surface area contributed by atoms with Crippen LogP contribution in [0.5, 0.6) is 0 Å². The molecular formula is C68H41N5. The Morgan fingerprint density at radius 1 is 0.260 bits per heavy atom. The van der Waals surface area contributed by atoms with Gasteiger partial charge in [0, 0.05) is 71.0 Å². The molecule has 0 aliphatic carbocycles. The van der Waals surface area contributed by atoms with Gasteiger partial charge in [-0.1, -0.05) is 164 Å². The molecule has 16 rings (SSSR count). The van der Waals surface area contributed by atoms with E-state index in [9.17, 15) is 0 Å². The first-order chi connectivity index (χ1) is 36.2. The van der Waals surface area contributed by atoms with Gasteiger partial charge in [-0.15, -0.1) is 0 Å². The summed E-state index contributed by atoms with van der Waals surface area (Å²) in [6.07, 6.45) is 0. The Kier molecular flexibility index (Phi) is 8.39. The molecule has 0 aliphatic rings. The van der Waals surface area contributed by atoms with Crippen LogP contribution in [-0.2, 0) is 0 Å². The Labute approximate surface area is 418 Å². The van der Waals surface area contributed by atoms with Crippen molar-refractivity contribution < 1.29 is 0 Å². The Hall–Kier alpha value is -9.84. The second kappa shape index (κ2) is 15.3. The van der Waals surface area contributed by atoms with E-state index in [1.54, 1.807) is 0 Å². The van der Waals surface area contributed by atoms with Crippen LogP contribution in [0, 0.1) is 0 Å². The third kappa shape index (κ3) is 5.91. The lowest BCUT2D eigenvalue weighted by atomic mass is 10.0. The van der Waals surface area contributed by atoms with Gasteiger partial charge in [0.2, 0.25) is 0 Å². The van der Waals surface area contributed by atoms with Gasteiger partial charge < -0.3 is 13.7 Å². The summed E-state index contributed by atoms with van der Waals surface area (Å²) in [6, 6.07) is 90.4. The summed E-state index contributed by atoms with van der Waals surface area (Å²) < 4.78 is 7.29. The van der Waals surface area contributed by atoms with Crippen molar-refractivity contribution in [3.8, 4) is 39.7 Å². The highest BCUT2D eigenvalue weighted by molar-refractivity contribution is 6.21. The minimum atomic E-state index is 0.697. The maximum absolute atomic E-state index is 5.43. The zero-order valence-electron chi connectivity index (χ0n) is 39.4. The van der Waals surface area contributed by atoms with E-state index in [4.69, 9.17) is 9.97 Å². The van der Waals surface area contributed by atoms with Crippen LogP contribution in [-0.4, -0.2) is 23.7 Å². The van der Waals surface area contributed by atoms with Crippen molar-refractivity contribution in [2.75, 3.05) is 0 Å².